The Morgan fingerprint density at radius 3 is 2.56 bits per heavy atom. The van der Waals surface area contributed by atoms with Gasteiger partial charge >= 0.3 is 0 Å². The van der Waals surface area contributed by atoms with E-state index >= 15 is 0 Å². The fourth-order valence-electron chi connectivity index (χ4n) is 2.20. The van der Waals surface area contributed by atoms with Crippen molar-refractivity contribution in [2.75, 3.05) is 0 Å². The predicted octanol–water partition coefficient (Wildman–Crippen LogP) is 3.87. The van der Waals surface area contributed by atoms with Gasteiger partial charge in [-0.2, -0.15) is 0 Å². The number of nitrogens with zero attached hydrogens (tertiary/aromatic N) is 2. The maximum atomic E-state index is 4.70. The third kappa shape index (κ3) is 1.80. The summed E-state index contributed by atoms with van der Waals surface area (Å²) in [5, 5.41) is 0. The van der Waals surface area contributed by atoms with Gasteiger partial charge in [0.1, 0.15) is 5.65 Å². The van der Waals surface area contributed by atoms with Crippen molar-refractivity contribution in [2.45, 2.75) is 20.3 Å². The Morgan fingerprint density at radius 2 is 1.89 bits per heavy atom. The van der Waals surface area contributed by atoms with Crippen molar-refractivity contribution in [3.8, 4) is 11.3 Å². The third-order valence-electron chi connectivity index (χ3n) is 3.34. The van der Waals surface area contributed by atoms with Crippen LogP contribution in [0.4, 0.5) is 0 Å². The molecule has 1 aromatic carbocycles. The number of imidazole rings is 1. The minimum Gasteiger partial charge on any atom is -0.306 e. The molecule has 18 heavy (non-hydrogen) atoms. The molecule has 0 aliphatic carbocycles. The van der Waals surface area contributed by atoms with E-state index in [4.69, 9.17) is 4.98 Å². The predicted molar refractivity (Wildman–Crippen MR) is 74.7 cm³/mol. The summed E-state index contributed by atoms with van der Waals surface area (Å²) in [5.41, 5.74) is 5.81. The van der Waals surface area contributed by atoms with E-state index in [1.807, 2.05) is 12.3 Å². The van der Waals surface area contributed by atoms with E-state index in [1.165, 1.54) is 16.7 Å². The van der Waals surface area contributed by atoms with Gasteiger partial charge in [0.25, 0.3) is 0 Å². The summed E-state index contributed by atoms with van der Waals surface area (Å²) < 4.78 is 2.08. The minimum absolute atomic E-state index is 1.03. The van der Waals surface area contributed by atoms with Gasteiger partial charge in [0, 0.05) is 18.0 Å². The number of rotatable bonds is 2. The zero-order valence-electron chi connectivity index (χ0n) is 10.7. The molecule has 0 unspecified atom stereocenters. The van der Waals surface area contributed by atoms with Crippen LogP contribution in [0, 0.1) is 6.92 Å². The quantitative estimate of drug-likeness (QED) is 0.660. The number of pyridine rings is 1. The van der Waals surface area contributed by atoms with Gasteiger partial charge in [-0.25, -0.2) is 4.98 Å². The number of hydrogen-bond acceptors (Lipinski definition) is 1. The first-order chi connectivity index (χ1) is 8.78. The smallest absolute Gasteiger partial charge is 0.140 e. The van der Waals surface area contributed by atoms with Crippen molar-refractivity contribution in [1.82, 2.24) is 9.38 Å². The molecule has 0 N–H and O–H groups in total. The van der Waals surface area contributed by atoms with Gasteiger partial charge in [-0.15, -0.1) is 0 Å². The van der Waals surface area contributed by atoms with Crippen molar-refractivity contribution in [3.05, 3.63) is 59.9 Å². The lowest BCUT2D eigenvalue weighted by molar-refractivity contribution is 1.14. The normalized spacial score (nSPS) is 11.0. The second-order valence-electron chi connectivity index (χ2n) is 4.60. The molecule has 0 saturated carbocycles. The molecule has 0 aliphatic rings. The molecule has 0 aliphatic heterocycles. The van der Waals surface area contributed by atoms with Crippen molar-refractivity contribution < 1.29 is 0 Å². The number of hydrogen-bond donors (Lipinski definition) is 0. The molecule has 3 rings (SSSR count). The maximum Gasteiger partial charge on any atom is 0.140 e. The van der Waals surface area contributed by atoms with Crippen LogP contribution in [0.2, 0.25) is 0 Å². The Hall–Kier alpha value is -2.09. The first-order valence-electron chi connectivity index (χ1n) is 6.31. The molecule has 3 aromatic rings. The summed E-state index contributed by atoms with van der Waals surface area (Å²) in [6, 6.07) is 12.8. The molecule has 0 saturated heterocycles. The monoisotopic (exact) mass is 236 g/mol. The SMILES string of the molecule is CCc1ccc(-c2cn3cccc(C)c3n2)cc1. The Kier molecular flexibility index (Phi) is 2.63. The summed E-state index contributed by atoms with van der Waals surface area (Å²) in [4.78, 5) is 4.70. The summed E-state index contributed by atoms with van der Waals surface area (Å²) in [5.74, 6) is 0. The molecule has 0 radical (unpaired) electrons. The average molecular weight is 236 g/mol. The van der Waals surface area contributed by atoms with Crippen LogP contribution in [0.5, 0.6) is 0 Å². The Bertz CT molecular complexity index is 678. The fourth-order valence-corrected chi connectivity index (χ4v) is 2.20. The Balaban J connectivity index is 2.10. The first-order valence-corrected chi connectivity index (χ1v) is 6.31. The van der Waals surface area contributed by atoms with Gasteiger partial charge < -0.3 is 4.40 Å². The second-order valence-corrected chi connectivity index (χ2v) is 4.60. The maximum absolute atomic E-state index is 4.70. The van der Waals surface area contributed by atoms with E-state index in [0.717, 1.165) is 17.8 Å². The highest BCUT2D eigenvalue weighted by Gasteiger charge is 2.05. The minimum atomic E-state index is 1.03. The van der Waals surface area contributed by atoms with Crippen LogP contribution in [0.3, 0.4) is 0 Å². The molecule has 0 atom stereocenters. The molecule has 0 spiro atoms. The van der Waals surface area contributed by atoms with E-state index in [9.17, 15) is 0 Å². The second kappa shape index (κ2) is 4.30. The van der Waals surface area contributed by atoms with Gasteiger partial charge in [-0.05, 0) is 30.5 Å². The van der Waals surface area contributed by atoms with Crippen molar-refractivity contribution >= 4 is 5.65 Å². The summed E-state index contributed by atoms with van der Waals surface area (Å²) in [6.07, 6.45) is 5.20. The van der Waals surface area contributed by atoms with Crippen molar-refractivity contribution in [1.29, 1.82) is 0 Å². The van der Waals surface area contributed by atoms with Gasteiger partial charge in [-0.3, -0.25) is 0 Å². The van der Waals surface area contributed by atoms with E-state index in [-0.39, 0.29) is 0 Å². The molecule has 2 heteroatoms. The molecule has 0 amide bonds. The fraction of sp³-hybridized carbons (Fsp3) is 0.188. The van der Waals surface area contributed by atoms with Gasteiger partial charge in [0.15, 0.2) is 0 Å². The molecule has 90 valence electrons. The number of fused-ring (bicyclic) bond motifs is 1. The van der Waals surface area contributed by atoms with Crippen LogP contribution < -0.4 is 0 Å². The van der Waals surface area contributed by atoms with Gasteiger partial charge in [0.05, 0.1) is 5.69 Å². The van der Waals surface area contributed by atoms with Crippen LogP contribution in [0.25, 0.3) is 16.9 Å². The molecule has 0 fully saturated rings. The lowest BCUT2D eigenvalue weighted by Crippen LogP contribution is -1.84. The highest BCUT2D eigenvalue weighted by Crippen LogP contribution is 2.21. The van der Waals surface area contributed by atoms with Crippen molar-refractivity contribution in [2.24, 2.45) is 0 Å². The summed E-state index contributed by atoms with van der Waals surface area (Å²) in [7, 11) is 0. The summed E-state index contributed by atoms with van der Waals surface area (Å²) in [6.45, 7) is 4.26. The number of aromatic nitrogens is 2. The number of aryl methyl sites for hydroxylation is 2. The van der Waals surface area contributed by atoms with Crippen LogP contribution >= 0.6 is 0 Å². The molecule has 2 aromatic heterocycles. The van der Waals surface area contributed by atoms with Gasteiger partial charge in [0.2, 0.25) is 0 Å². The molecular formula is C16H16N2. The van der Waals surface area contributed by atoms with E-state index in [2.05, 4.69) is 54.8 Å². The van der Waals surface area contributed by atoms with Crippen LogP contribution in [-0.4, -0.2) is 9.38 Å². The van der Waals surface area contributed by atoms with E-state index in [1.54, 1.807) is 0 Å². The molecule has 0 bridgehead atoms. The standard InChI is InChI=1S/C16H16N2/c1-3-13-6-8-14(9-7-13)15-11-18-10-4-5-12(2)16(18)17-15/h4-11H,3H2,1-2H3. The Labute approximate surface area is 107 Å². The van der Waals surface area contributed by atoms with E-state index in [0.29, 0.717) is 0 Å². The first kappa shape index (κ1) is 11.0. The van der Waals surface area contributed by atoms with Gasteiger partial charge in [-0.1, -0.05) is 37.3 Å². The highest BCUT2D eigenvalue weighted by molar-refractivity contribution is 5.64. The zero-order valence-corrected chi connectivity index (χ0v) is 10.7. The van der Waals surface area contributed by atoms with Crippen LogP contribution in [0.15, 0.2) is 48.8 Å². The van der Waals surface area contributed by atoms with Crippen molar-refractivity contribution in [3.63, 3.8) is 0 Å². The zero-order chi connectivity index (χ0) is 12.5. The van der Waals surface area contributed by atoms with Crippen LogP contribution in [0.1, 0.15) is 18.1 Å². The van der Waals surface area contributed by atoms with Crippen LogP contribution in [-0.2, 0) is 6.42 Å². The largest absolute Gasteiger partial charge is 0.306 e. The molecule has 2 heterocycles. The molecule has 2 nitrogen and oxygen atoms in total. The average Bonchev–Trinajstić information content (AvgIpc) is 2.84. The third-order valence-corrected chi connectivity index (χ3v) is 3.34. The molecular weight excluding hydrogens is 220 g/mol. The topological polar surface area (TPSA) is 17.3 Å². The lowest BCUT2D eigenvalue weighted by atomic mass is 10.1. The van der Waals surface area contributed by atoms with E-state index < -0.39 is 0 Å². The number of benzene rings is 1. The summed E-state index contributed by atoms with van der Waals surface area (Å²) >= 11 is 0. The highest BCUT2D eigenvalue weighted by atomic mass is 15.0. The Morgan fingerprint density at radius 1 is 1.11 bits per heavy atom. The lowest BCUT2D eigenvalue weighted by Gasteiger charge is -1.98.